The molecule has 4 rings (SSSR count). The Kier molecular flexibility index (Phi) is 5.70. The van der Waals surface area contributed by atoms with Gasteiger partial charge in [-0.05, 0) is 48.5 Å². The van der Waals surface area contributed by atoms with Gasteiger partial charge in [0.15, 0.2) is 0 Å². The summed E-state index contributed by atoms with van der Waals surface area (Å²) < 4.78 is 78.5. The van der Waals surface area contributed by atoms with Crippen molar-refractivity contribution in [3.8, 4) is 0 Å². The molecule has 0 aliphatic rings. The maximum atomic E-state index is 13.0. The molecule has 2 N–H and O–H groups in total. The van der Waals surface area contributed by atoms with Crippen molar-refractivity contribution in [2.75, 3.05) is 10.6 Å². The van der Waals surface area contributed by atoms with Crippen LogP contribution in [0.4, 0.5) is 43.4 Å². The molecule has 1 amide bonds. The van der Waals surface area contributed by atoms with E-state index in [9.17, 15) is 31.1 Å². The van der Waals surface area contributed by atoms with E-state index in [1.54, 1.807) is 23.7 Å². The van der Waals surface area contributed by atoms with E-state index in [1.807, 2.05) is 0 Å². The molecule has 4 aromatic rings. The van der Waals surface area contributed by atoms with Crippen LogP contribution in [0.1, 0.15) is 21.7 Å². The number of alkyl halides is 6. The molecule has 5 nitrogen and oxygen atoms in total. The van der Waals surface area contributed by atoms with Gasteiger partial charge in [-0.2, -0.15) is 26.3 Å². The summed E-state index contributed by atoms with van der Waals surface area (Å²) >= 11 is 1.31. The highest BCUT2D eigenvalue weighted by Crippen LogP contribution is 2.35. The summed E-state index contributed by atoms with van der Waals surface area (Å²) in [5.74, 6) is -0.385. The van der Waals surface area contributed by atoms with Crippen molar-refractivity contribution in [1.82, 2.24) is 9.97 Å². The maximum Gasteiger partial charge on any atom is 0.433 e. The summed E-state index contributed by atoms with van der Waals surface area (Å²) in [6.07, 6.45) is -10.1. The Morgan fingerprint density at radius 2 is 1.42 bits per heavy atom. The Hall–Kier alpha value is -3.67. The lowest BCUT2D eigenvalue weighted by Gasteiger charge is -2.14. The van der Waals surface area contributed by atoms with Gasteiger partial charge in [-0.1, -0.05) is 6.07 Å². The van der Waals surface area contributed by atoms with Crippen LogP contribution >= 0.6 is 11.3 Å². The highest BCUT2D eigenvalue weighted by Gasteiger charge is 2.38. The number of benzene rings is 2. The fraction of sp³-hybridized carbons (Fsp3) is 0.0952. The van der Waals surface area contributed by atoms with Crippen molar-refractivity contribution in [2.24, 2.45) is 0 Å². The van der Waals surface area contributed by atoms with Crippen molar-refractivity contribution in [3.05, 3.63) is 77.1 Å². The molecule has 170 valence electrons. The number of hydrogen-bond donors (Lipinski definition) is 2. The van der Waals surface area contributed by atoms with E-state index in [1.165, 1.54) is 35.6 Å². The van der Waals surface area contributed by atoms with E-state index >= 15 is 0 Å². The number of hydrogen-bond acceptors (Lipinski definition) is 5. The molecule has 0 aliphatic carbocycles. The SMILES string of the molecule is O=C(Nc1ccc(Nc2cc(C(F)(F)F)nc(C(F)(F)F)c2)cc1)c1cccc2ncsc12. The van der Waals surface area contributed by atoms with Crippen molar-refractivity contribution < 1.29 is 31.1 Å². The average Bonchev–Trinajstić information content (AvgIpc) is 3.22. The van der Waals surface area contributed by atoms with Crippen molar-refractivity contribution in [3.63, 3.8) is 0 Å². The Balaban J connectivity index is 1.53. The van der Waals surface area contributed by atoms with E-state index in [2.05, 4.69) is 20.6 Å². The van der Waals surface area contributed by atoms with Crippen LogP contribution in [0.5, 0.6) is 0 Å². The van der Waals surface area contributed by atoms with Gasteiger partial charge in [0.2, 0.25) is 0 Å². The highest BCUT2D eigenvalue weighted by molar-refractivity contribution is 7.17. The predicted molar refractivity (Wildman–Crippen MR) is 112 cm³/mol. The van der Waals surface area contributed by atoms with Gasteiger partial charge in [-0.15, -0.1) is 11.3 Å². The quantitative estimate of drug-likeness (QED) is 0.317. The monoisotopic (exact) mass is 482 g/mol. The summed E-state index contributed by atoms with van der Waals surface area (Å²) in [7, 11) is 0. The van der Waals surface area contributed by atoms with E-state index < -0.39 is 29.4 Å². The van der Waals surface area contributed by atoms with E-state index in [-0.39, 0.29) is 11.6 Å². The van der Waals surface area contributed by atoms with E-state index in [4.69, 9.17) is 0 Å². The van der Waals surface area contributed by atoms with Gasteiger partial charge in [0.25, 0.3) is 5.91 Å². The number of carbonyl (C=O) groups is 1. The Morgan fingerprint density at radius 1 is 0.818 bits per heavy atom. The van der Waals surface area contributed by atoms with Crippen LogP contribution in [-0.2, 0) is 12.4 Å². The third-order valence-electron chi connectivity index (χ3n) is 4.44. The zero-order valence-corrected chi connectivity index (χ0v) is 17.1. The first kappa shape index (κ1) is 22.5. The van der Waals surface area contributed by atoms with Gasteiger partial charge < -0.3 is 10.6 Å². The van der Waals surface area contributed by atoms with Gasteiger partial charge in [0, 0.05) is 17.1 Å². The second kappa shape index (κ2) is 8.35. The normalized spacial score (nSPS) is 12.1. The van der Waals surface area contributed by atoms with Crippen LogP contribution in [-0.4, -0.2) is 15.9 Å². The van der Waals surface area contributed by atoms with Gasteiger partial charge in [0.1, 0.15) is 11.4 Å². The molecule has 2 heterocycles. The third kappa shape index (κ3) is 5.06. The largest absolute Gasteiger partial charge is 0.433 e. The smallest absolute Gasteiger partial charge is 0.355 e. The maximum absolute atomic E-state index is 13.0. The molecular weight excluding hydrogens is 470 g/mol. The lowest BCUT2D eigenvalue weighted by molar-refractivity contribution is -0.150. The summed E-state index contributed by atoms with van der Waals surface area (Å²) in [6.45, 7) is 0. The fourth-order valence-electron chi connectivity index (χ4n) is 2.96. The lowest BCUT2D eigenvalue weighted by atomic mass is 10.2. The van der Waals surface area contributed by atoms with Gasteiger partial charge >= 0.3 is 12.4 Å². The number of fused-ring (bicyclic) bond motifs is 1. The molecule has 0 atom stereocenters. The van der Waals surface area contributed by atoms with Gasteiger partial charge in [-0.3, -0.25) is 4.79 Å². The number of carbonyl (C=O) groups excluding carboxylic acids is 1. The molecule has 0 unspecified atom stereocenters. The third-order valence-corrected chi connectivity index (χ3v) is 5.31. The minimum atomic E-state index is -5.05. The number of nitrogens with zero attached hydrogens (tertiary/aromatic N) is 2. The number of aromatic nitrogens is 2. The minimum Gasteiger partial charge on any atom is -0.355 e. The number of thiazole rings is 1. The summed E-state index contributed by atoms with van der Waals surface area (Å²) in [6, 6.07) is 11.8. The molecule has 0 aliphatic heterocycles. The zero-order chi connectivity index (χ0) is 23.8. The van der Waals surface area contributed by atoms with E-state index in [0.29, 0.717) is 33.6 Å². The van der Waals surface area contributed by atoms with Gasteiger partial charge in [-0.25, -0.2) is 9.97 Å². The van der Waals surface area contributed by atoms with Crippen LogP contribution in [0.25, 0.3) is 10.2 Å². The molecule has 12 heteroatoms. The first-order chi connectivity index (χ1) is 15.5. The molecular formula is C21H12F6N4OS. The van der Waals surface area contributed by atoms with Crippen LogP contribution in [0, 0.1) is 0 Å². The molecule has 0 saturated carbocycles. The topological polar surface area (TPSA) is 66.9 Å². The zero-order valence-electron chi connectivity index (χ0n) is 16.3. The van der Waals surface area contributed by atoms with E-state index in [0.717, 1.165) is 0 Å². The lowest BCUT2D eigenvalue weighted by Crippen LogP contribution is -2.15. The van der Waals surface area contributed by atoms with Crippen molar-refractivity contribution >= 4 is 44.5 Å². The van der Waals surface area contributed by atoms with Crippen LogP contribution in [0.3, 0.4) is 0 Å². The molecule has 0 bridgehead atoms. The van der Waals surface area contributed by atoms with Crippen LogP contribution < -0.4 is 10.6 Å². The Labute approximate surface area is 186 Å². The highest BCUT2D eigenvalue weighted by atomic mass is 32.1. The first-order valence-corrected chi connectivity index (χ1v) is 10.1. The molecule has 0 saturated heterocycles. The Morgan fingerprint density at radius 3 is 2.03 bits per heavy atom. The molecule has 0 fully saturated rings. The van der Waals surface area contributed by atoms with Crippen LogP contribution in [0.15, 0.2) is 60.1 Å². The standard InChI is InChI=1S/C21H12F6N4OS/c22-20(23,24)16-8-13(9-17(31-16)21(25,26)27)29-11-4-6-12(7-5-11)30-19(32)14-2-1-3-15-18(14)33-10-28-15/h1-10H,(H,29,31)(H,30,32). The van der Waals surface area contributed by atoms with Crippen LogP contribution in [0.2, 0.25) is 0 Å². The predicted octanol–water partition coefficient (Wildman–Crippen LogP) is 6.72. The Bertz CT molecular complexity index is 1280. The molecule has 2 aromatic carbocycles. The molecule has 33 heavy (non-hydrogen) atoms. The number of halogens is 6. The second-order valence-electron chi connectivity index (χ2n) is 6.78. The van der Waals surface area contributed by atoms with Crippen molar-refractivity contribution in [1.29, 1.82) is 0 Å². The number of nitrogens with one attached hydrogen (secondary N) is 2. The second-order valence-corrected chi connectivity index (χ2v) is 7.64. The first-order valence-electron chi connectivity index (χ1n) is 9.18. The average molecular weight is 482 g/mol. The molecule has 2 aromatic heterocycles. The van der Waals surface area contributed by atoms with Crippen molar-refractivity contribution in [2.45, 2.75) is 12.4 Å². The van der Waals surface area contributed by atoms with Gasteiger partial charge in [0.05, 0.1) is 21.3 Å². The summed E-state index contributed by atoms with van der Waals surface area (Å²) in [5, 5.41) is 5.20. The summed E-state index contributed by atoms with van der Waals surface area (Å²) in [5.41, 5.74) is -0.441. The minimum absolute atomic E-state index is 0.213. The summed E-state index contributed by atoms with van der Waals surface area (Å²) in [4.78, 5) is 19.4. The molecule has 0 spiro atoms. The number of pyridine rings is 1. The number of anilines is 3. The molecule has 0 radical (unpaired) electrons. The number of amides is 1. The fourth-order valence-corrected chi connectivity index (χ4v) is 3.76. The number of rotatable bonds is 4.